The van der Waals surface area contributed by atoms with Crippen molar-refractivity contribution in [1.29, 1.82) is 0 Å². The van der Waals surface area contributed by atoms with Gasteiger partial charge >= 0.3 is 0 Å². The van der Waals surface area contributed by atoms with Crippen LogP contribution in [0.3, 0.4) is 0 Å². The topological polar surface area (TPSA) is 24.5 Å². The summed E-state index contributed by atoms with van der Waals surface area (Å²) in [7, 11) is 2.28. The van der Waals surface area contributed by atoms with Gasteiger partial charge in [-0.25, -0.2) is 0 Å². The number of hydrogen-bond acceptors (Lipinski definition) is 3. The Morgan fingerprint density at radius 1 is 1.00 bits per heavy atom. The van der Waals surface area contributed by atoms with Crippen LogP contribution in [0, 0.1) is 5.92 Å². The van der Waals surface area contributed by atoms with Crippen LogP contribution >= 0.6 is 0 Å². The molecule has 1 N–H and O–H groups in total. The molecule has 0 bridgehead atoms. The fraction of sp³-hybridized carbons (Fsp3) is 1.00. The molecular formula is C17H34N2O. The molecule has 0 aromatic carbocycles. The smallest absolute Gasteiger partial charge is 0.0701 e. The zero-order valence-electron chi connectivity index (χ0n) is 13.6. The van der Waals surface area contributed by atoms with Crippen LogP contribution in [-0.4, -0.2) is 50.3 Å². The summed E-state index contributed by atoms with van der Waals surface area (Å²) in [6, 6.07) is 0.734. The van der Waals surface area contributed by atoms with Gasteiger partial charge in [0.15, 0.2) is 0 Å². The second kappa shape index (κ2) is 9.01. The third-order valence-electron chi connectivity index (χ3n) is 4.96. The summed E-state index contributed by atoms with van der Waals surface area (Å²) >= 11 is 0. The molecule has 1 saturated carbocycles. The van der Waals surface area contributed by atoms with E-state index >= 15 is 0 Å². The number of nitrogens with zero attached hydrogens (tertiary/aromatic N) is 1. The first kappa shape index (κ1) is 16.3. The number of likely N-dealkylation sites (N-methyl/N-ethyl adjacent to an activating group) is 1. The zero-order chi connectivity index (χ0) is 14.2. The average molecular weight is 282 g/mol. The van der Waals surface area contributed by atoms with Crippen LogP contribution in [-0.2, 0) is 4.74 Å². The molecule has 118 valence electrons. The lowest BCUT2D eigenvalue weighted by Gasteiger charge is -2.32. The molecule has 2 aliphatic rings. The van der Waals surface area contributed by atoms with E-state index in [0.717, 1.165) is 31.7 Å². The molecule has 2 fully saturated rings. The van der Waals surface area contributed by atoms with E-state index in [2.05, 4.69) is 24.2 Å². The summed E-state index contributed by atoms with van der Waals surface area (Å²) in [6.45, 7) is 6.67. The minimum absolute atomic E-state index is 0.483. The van der Waals surface area contributed by atoms with Crippen LogP contribution in [0.2, 0.25) is 0 Å². The van der Waals surface area contributed by atoms with Crippen molar-refractivity contribution in [3.63, 3.8) is 0 Å². The van der Waals surface area contributed by atoms with E-state index in [1.54, 1.807) is 0 Å². The molecule has 1 heterocycles. The first-order valence-electron chi connectivity index (χ1n) is 8.83. The maximum absolute atomic E-state index is 5.88. The van der Waals surface area contributed by atoms with Gasteiger partial charge in [0.1, 0.15) is 0 Å². The maximum atomic E-state index is 5.88. The summed E-state index contributed by atoms with van der Waals surface area (Å²) in [5.41, 5.74) is 0. The standard InChI is InChI=1S/C17H34N2O/c1-3-18-17-11-6-4-5-9-15(17)13-19(2)14-16-10-7-8-12-20-16/h15-18H,3-14H2,1-2H3. The van der Waals surface area contributed by atoms with E-state index in [0.29, 0.717) is 6.10 Å². The molecule has 3 heteroatoms. The Labute approximate surface area is 125 Å². The Morgan fingerprint density at radius 3 is 2.55 bits per heavy atom. The quantitative estimate of drug-likeness (QED) is 0.758. The molecule has 3 nitrogen and oxygen atoms in total. The van der Waals surface area contributed by atoms with E-state index in [1.807, 2.05) is 0 Å². The number of nitrogens with one attached hydrogen (secondary N) is 1. The summed E-state index contributed by atoms with van der Waals surface area (Å²) < 4.78 is 5.88. The number of ether oxygens (including phenoxy) is 1. The van der Waals surface area contributed by atoms with Crippen molar-refractivity contribution in [2.24, 2.45) is 5.92 Å². The molecule has 0 amide bonds. The molecular weight excluding hydrogens is 248 g/mol. The maximum Gasteiger partial charge on any atom is 0.0701 e. The van der Waals surface area contributed by atoms with Crippen molar-refractivity contribution in [1.82, 2.24) is 10.2 Å². The molecule has 1 aliphatic heterocycles. The van der Waals surface area contributed by atoms with Crippen LogP contribution in [0.1, 0.15) is 58.3 Å². The normalized spacial score (nSPS) is 32.2. The molecule has 1 saturated heterocycles. The van der Waals surface area contributed by atoms with Gasteiger partial charge in [-0.2, -0.15) is 0 Å². The van der Waals surface area contributed by atoms with Gasteiger partial charge in [-0.3, -0.25) is 0 Å². The van der Waals surface area contributed by atoms with Gasteiger partial charge in [0.05, 0.1) is 6.10 Å². The van der Waals surface area contributed by atoms with E-state index in [9.17, 15) is 0 Å². The van der Waals surface area contributed by atoms with E-state index < -0.39 is 0 Å². The molecule has 3 atom stereocenters. The average Bonchev–Trinajstić information content (AvgIpc) is 2.66. The molecule has 2 rings (SSSR count). The molecule has 0 aromatic rings. The Kier molecular flexibility index (Phi) is 7.32. The molecule has 0 radical (unpaired) electrons. The van der Waals surface area contributed by atoms with Crippen molar-refractivity contribution < 1.29 is 4.74 Å². The Morgan fingerprint density at radius 2 is 1.80 bits per heavy atom. The summed E-state index contributed by atoms with van der Waals surface area (Å²) in [5.74, 6) is 0.825. The van der Waals surface area contributed by atoms with Crippen molar-refractivity contribution in [3.05, 3.63) is 0 Å². The minimum Gasteiger partial charge on any atom is -0.377 e. The fourth-order valence-electron chi connectivity index (χ4n) is 3.91. The first-order valence-corrected chi connectivity index (χ1v) is 8.83. The largest absolute Gasteiger partial charge is 0.377 e. The number of hydrogen-bond donors (Lipinski definition) is 1. The Hall–Kier alpha value is -0.120. The molecule has 3 unspecified atom stereocenters. The highest BCUT2D eigenvalue weighted by atomic mass is 16.5. The third-order valence-corrected chi connectivity index (χ3v) is 4.96. The van der Waals surface area contributed by atoms with Crippen LogP contribution in [0.4, 0.5) is 0 Å². The third kappa shape index (κ3) is 5.34. The van der Waals surface area contributed by atoms with Gasteiger partial charge in [-0.05, 0) is 51.6 Å². The van der Waals surface area contributed by atoms with Gasteiger partial charge in [0.2, 0.25) is 0 Å². The molecule has 0 aromatic heterocycles. The van der Waals surface area contributed by atoms with Gasteiger partial charge in [-0.15, -0.1) is 0 Å². The van der Waals surface area contributed by atoms with Crippen molar-refractivity contribution >= 4 is 0 Å². The minimum atomic E-state index is 0.483. The predicted octanol–water partition coefficient (Wildman–Crippen LogP) is 3.05. The molecule has 1 aliphatic carbocycles. The van der Waals surface area contributed by atoms with Crippen LogP contribution in [0.25, 0.3) is 0 Å². The van der Waals surface area contributed by atoms with E-state index in [4.69, 9.17) is 4.74 Å². The Balaban J connectivity index is 1.78. The Bertz CT molecular complexity index is 253. The van der Waals surface area contributed by atoms with Crippen molar-refractivity contribution in [3.8, 4) is 0 Å². The van der Waals surface area contributed by atoms with Gasteiger partial charge < -0.3 is 15.0 Å². The monoisotopic (exact) mass is 282 g/mol. The second-order valence-corrected chi connectivity index (χ2v) is 6.77. The van der Waals surface area contributed by atoms with Gasteiger partial charge in [0.25, 0.3) is 0 Å². The van der Waals surface area contributed by atoms with Crippen molar-refractivity contribution in [2.75, 3.05) is 33.3 Å². The lowest BCUT2D eigenvalue weighted by Crippen LogP contribution is -2.43. The highest BCUT2D eigenvalue weighted by molar-refractivity contribution is 4.82. The second-order valence-electron chi connectivity index (χ2n) is 6.77. The van der Waals surface area contributed by atoms with E-state index in [1.165, 1.54) is 57.9 Å². The molecule has 0 spiro atoms. The first-order chi connectivity index (χ1) is 9.79. The lowest BCUT2D eigenvalue weighted by molar-refractivity contribution is -0.00442. The van der Waals surface area contributed by atoms with Crippen LogP contribution in [0.5, 0.6) is 0 Å². The number of rotatable bonds is 6. The zero-order valence-corrected chi connectivity index (χ0v) is 13.6. The highest BCUT2D eigenvalue weighted by Crippen LogP contribution is 2.24. The van der Waals surface area contributed by atoms with E-state index in [-0.39, 0.29) is 0 Å². The van der Waals surface area contributed by atoms with Gasteiger partial charge in [-0.1, -0.05) is 26.2 Å². The van der Waals surface area contributed by atoms with Crippen LogP contribution < -0.4 is 5.32 Å². The summed E-state index contributed by atoms with van der Waals surface area (Å²) in [4.78, 5) is 2.52. The fourth-order valence-corrected chi connectivity index (χ4v) is 3.91. The molecule has 20 heavy (non-hydrogen) atoms. The van der Waals surface area contributed by atoms with Crippen molar-refractivity contribution in [2.45, 2.75) is 70.4 Å². The lowest BCUT2D eigenvalue weighted by atomic mass is 9.94. The summed E-state index contributed by atoms with van der Waals surface area (Å²) in [6.07, 6.45) is 11.4. The highest BCUT2D eigenvalue weighted by Gasteiger charge is 2.25. The predicted molar refractivity (Wildman–Crippen MR) is 85.1 cm³/mol. The van der Waals surface area contributed by atoms with Crippen LogP contribution in [0.15, 0.2) is 0 Å². The SMILES string of the molecule is CCNC1CCCCCC1CN(C)CC1CCCCO1. The van der Waals surface area contributed by atoms with Gasteiger partial charge in [0, 0.05) is 25.7 Å². The summed E-state index contributed by atoms with van der Waals surface area (Å²) in [5, 5.41) is 3.73.